The minimum atomic E-state index is 0.480. The van der Waals surface area contributed by atoms with Crippen LogP contribution in [0.1, 0.15) is 45.0 Å². The van der Waals surface area contributed by atoms with Crippen LogP contribution >= 0.6 is 0 Å². The maximum absolute atomic E-state index is 4.22. The molecule has 0 aliphatic rings. The average Bonchev–Trinajstić information content (AvgIpc) is 2.09. The van der Waals surface area contributed by atoms with Gasteiger partial charge in [0, 0.05) is 12.4 Å². The van der Waals surface area contributed by atoms with Crippen LogP contribution in [0.25, 0.3) is 0 Å². The molecular formula is C10H18N2. The van der Waals surface area contributed by atoms with E-state index in [1.807, 2.05) is 27.0 Å². The summed E-state index contributed by atoms with van der Waals surface area (Å²) in [7, 11) is 0. The molecule has 0 saturated heterocycles. The Morgan fingerprint density at radius 2 is 1.67 bits per heavy atom. The summed E-state index contributed by atoms with van der Waals surface area (Å²) in [5.41, 5.74) is 2.04. The van der Waals surface area contributed by atoms with Crippen molar-refractivity contribution in [2.45, 2.75) is 40.5 Å². The summed E-state index contributed by atoms with van der Waals surface area (Å²) in [6, 6.07) is 0. The Morgan fingerprint density at radius 1 is 1.08 bits per heavy atom. The van der Waals surface area contributed by atoms with E-state index in [1.54, 1.807) is 6.20 Å². The van der Waals surface area contributed by atoms with Crippen molar-refractivity contribution in [2.75, 3.05) is 0 Å². The Bertz CT molecular complexity index is 202. The normalized spacial score (nSPS) is 9.17. The predicted octanol–water partition coefficient (Wildman–Crippen LogP) is 2.93. The van der Waals surface area contributed by atoms with Crippen molar-refractivity contribution in [3.8, 4) is 0 Å². The topological polar surface area (TPSA) is 25.8 Å². The zero-order chi connectivity index (χ0) is 9.56. The molecule has 0 aliphatic carbocycles. The third kappa shape index (κ3) is 3.46. The van der Waals surface area contributed by atoms with Crippen LogP contribution < -0.4 is 0 Å². The van der Waals surface area contributed by atoms with E-state index in [9.17, 15) is 0 Å². The van der Waals surface area contributed by atoms with Gasteiger partial charge in [-0.3, -0.25) is 9.97 Å². The van der Waals surface area contributed by atoms with Gasteiger partial charge in [0.1, 0.15) is 0 Å². The second kappa shape index (κ2) is 5.70. The second-order valence-corrected chi connectivity index (χ2v) is 2.74. The van der Waals surface area contributed by atoms with Gasteiger partial charge in [0.25, 0.3) is 0 Å². The van der Waals surface area contributed by atoms with E-state index in [4.69, 9.17) is 0 Å². The first-order valence-corrected chi connectivity index (χ1v) is 4.48. The molecule has 12 heavy (non-hydrogen) atoms. The highest BCUT2D eigenvalue weighted by atomic mass is 14.8. The summed E-state index contributed by atoms with van der Waals surface area (Å²) in [6.07, 6.45) is 3.63. The highest BCUT2D eigenvalue weighted by molar-refractivity contribution is 5.03. The van der Waals surface area contributed by atoms with Crippen molar-refractivity contribution >= 4 is 0 Å². The summed E-state index contributed by atoms with van der Waals surface area (Å²) in [4.78, 5) is 8.35. The summed E-state index contributed by atoms with van der Waals surface area (Å²) in [6.45, 7) is 10.2. The zero-order valence-corrected chi connectivity index (χ0v) is 8.63. The third-order valence-corrected chi connectivity index (χ3v) is 1.39. The van der Waals surface area contributed by atoms with Gasteiger partial charge in [0.05, 0.1) is 11.4 Å². The van der Waals surface area contributed by atoms with Gasteiger partial charge < -0.3 is 0 Å². The number of rotatable bonds is 1. The molecule has 1 aromatic rings. The van der Waals surface area contributed by atoms with Crippen LogP contribution in [-0.4, -0.2) is 9.97 Å². The van der Waals surface area contributed by atoms with E-state index < -0.39 is 0 Å². The van der Waals surface area contributed by atoms with Gasteiger partial charge >= 0.3 is 0 Å². The largest absolute Gasteiger partial charge is 0.258 e. The van der Waals surface area contributed by atoms with Crippen LogP contribution in [0.15, 0.2) is 12.4 Å². The van der Waals surface area contributed by atoms with Gasteiger partial charge in [0.15, 0.2) is 0 Å². The van der Waals surface area contributed by atoms with E-state index in [1.165, 1.54) is 0 Å². The molecule has 0 spiro atoms. The minimum Gasteiger partial charge on any atom is -0.258 e. The molecule has 1 heterocycles. The molecule has 0 aliphatic heterocycles. The van der Waals surface area contributed by atoms with Crippen LogP contribution in [0, 0.1) is 6.92 Å². The monoisotopic (exact) mass is 166 g/mol. The number of hydrogen-bond acceptors (Lipinski definition) is 2. The molecule has 0 saturated carbocycles. The predicted molar refractivity (Wildman–Crippen MR) is 52.2 cm³/mol. The molecular weight excluding hydrogens is 148 g/mol. The first-order valence-electron chi connectivity index (χ1n) is 4.48. The van der Waals surface area contributed by atoms with Crippen LogP contribution in [0.4, 0.5) is 0 Å². The SMILES string of the molecule is CC.Cc1cnc(C(C)C)cn1. The van der Waals surface area contributed by atoms with Crippen molar-refractivity contribution in [2.24, 2.45) is 0 Å². The Hall–Kier alpha value is -0.920. The van der Waals surface area contributed by atoms with Crippen molar-refractivity contribution < 1.29 is 0 Å². The van der Waals surface area contributed by atoms with Crippen molar-refractivity contribution in [1.82, 2.24) is 9.97 Å². The highest BCUT2D eigenvalue weighted by Gasteiger charge is 1.98. The quantitative estimate of drug-likeness (QED) is 0.641. The maximum atomic E-state index is 4.22. The number of aromatic nitrogens is 2. The van der Waals surface area contributed by atoms with Crippen LogP contribution in [0.5, 0.6) is 0 Å². The molecule has 1 rings (SSSR count). The van der Waals surface area contributed by atoms with E-state index in [-0.39, 0.29) is 0 Å². The molecule has 0 bridgehead atoms. The molecule has 2 nitrogen and oxygen atoms in total. The fourth-order valence-electron chi connectivity index (χ4n) is 0.701. The van der Waals surface area contributed by atoms with Crippen molar-refractivity contribution in [1.29, 1.82) is 0 Å². The van der Waals surface area contributed by atoms with Crippen molar-refractivity contribution in [3.63, 3.8) is 0 Å². The Labute approximate surface area is 75.1 Å². The average molecular weight is 166 g/mol. The number of hydrogen-bond donors (Lipinski definition) is 0. The zero-order valence-electron chi connectivity index (χ0n) is 8.63. The fraction of sp³-hybridized carbons (Fsp3) is 0.600. The van der Waals surface area contributed by atoms with Gasteiger partial charge in [-0.2, -0.15) is 0 Å². The molecule has 2 heteroatoms. The Kier molecular flexibility index (Phi) is 5.26. The second-order valence-electron chi connectivity index (χ2n) is 2.74. The van der Waals surface area contributed by atoms with Gasteiger partial charge in [-0.25, -0.2) is 0 Å². The lowest BCUT2D eigenvalue weighted by molar-refractivity contribution is 0.807. The molecule has 0 atom stereocenters. The van der Waals surface area contributed by atoms with Gasteiger partial charge in [0.2, 0.25) is 0 Å². The highest BCUT2D eigenvalue weighted by Crippen LogP contribution is 2.08. The lowest BCUT2D eigenvalue weighted by Gasteiger charge is -2.01. The Morgan fingerprint density at radius 3 is 2.00 bits per heavy atom. The first kappa shape index (κ1) is 11.1. The van der Waals surface area contributed by atoms with Gasteiger partial charge in [-0.15, -0.1) is 0 Å². The molecule has 0 N–H and O–H groups in total. The maximum Gasteiger partial charge on any atom is 0.0612 e. The third-order valence-electron chi connectivity index (χ3n) is 1.39. The summed E-state index contributed by atoms with van der Waals surface area (Å²) >= 11 is 0. The van der Waals surface area contributed by atoms with E-state index >= 15 is 0 Å². The molecule has 0 fully saturated rings. The summed E-state index contributed by atoms with van der Waals surface area (Å²) < 4.78 is 0. The van der Waals surface area contributed by atoms with Crippen LogP contribution in [0.3, 0.4) is 0 Å². The number of aryl methyl sites for hydroxylation is 1. The van der Waals surface area contributed by atoms with Crippen molar-refractivity contribution in [3.05, 3.63) is 23.8 Å². The van der Waals surface area contributed by atoms with Gasteiger partial charge in [-0.1, -0.05) is 27.7 Å². The molecule has 0 amide bonds. The summed E-state index contributed by atoms with van der Waals surface area (Å²) in [5.74, 6) is 0.480. The number of nitrogens with zero attached hydrogens (tertiary/aromatic N) is 2. The van der Waals surface area contributed by atoms with E-state index in [0.717, 1.165) is 11.4 Å². The van der Waals surface area contributed by atoms with E-state index in [2.05, 4.69) is 23.8 Å². The molecule has 0 aromatic carbocycles. The van der Waals surface area contributed by atoms with Crippen LogP contribution in [0.2, 0.25) is 0 Å². The molecule has 0 unspecified atom stereocenters. The molecule has 1 aromatic heterocycles. The first-order chi connectivity index (χ1) is 5.70. The van der Waals surface area contributed by atoms with Crippen LogP contribution in [-0.2, 0) is 0 Å². The summed E-state index contributed by atoms with van der Waals surface area (Å²) in [5, 5.41) is 0. The fourth-order valence-corrected chi connectivity index (χ4v) is 0.701. The Balaban J connectivity index is 0.000000561. The minimum absolute atomic E-state index is 0.480. The lowest BCUT2D eigenvalue weighted by atomic mass is 10.1. The van der Waals surface area contributed by atoms with Gasteiger partial charge in [-0.05, 0) is 12.8 Å². The molecule has 68 valence electrons. The lowest BCUT2D eigenvalue weighted by Crippen LogP contribution is -1.93. The van der Waals surface area contributed by atoms with E-state index in [0.29, 0.717) is 5.92 Å². The smallest absolute Gasteiger partial charge is 0.0612 e. The standard InChI is InChI=1S/C8H12N2.C2H6/c1-6(2)8-5-9-7(3)4-10-8;1-2/h4-6H,1-3H3;1-2H3. The molecule has 0 radical (unpaired) electrons.